The molecule has 0 spiro atoms. The van der Waals surface area contributed by atoms with Gasteiger partial charge in [0.25, 0.3) is 5.91 Å². The second kappa shape index (κ2) is 8.73. The van der Waals surface area contributed by atoms with Crippen LogP contribution in [-0.2, 0) is 9.53 Å². The molecule has 0 aliphatic rings. The van der Waals surface area contributed by atoms with Crippen LogP contribution in [0.15, 0.2) is 48.5 Å². The zero-order valence-corrected chi connectivity index (χ0v) is 14.4. The smallest absolute Gasteiger partial charge is 0.338 e. The van der Waals surface area contributed by atoms with Gasteiger partial charge in [-0.25, -0.2) is 4.79 Å². The van der Waals surface area contributed by atoms with Crippen LogP contribution >= 0.6 is 0 Å². The molecule has 1 N–H and O–H groups in total. The van der Waals surface area contributed by atoms with Crippen molar-refractivity contribution in [2.24, 2.45) is 0 Å². The molecule has 0 unspecified atom stereocenters. The van der Waals surface area contributed by atoms with Gasteiger partial charge in [-0.1, -0.05) is 6.07 Å². The number of benzene rings is 2. The molecule has 0 heterocycles. The van der Waals surface area contributed by atoms with Crippen molar-refractivity contribution >= 4 is 17.6 Å². The van der Waals surface area contributed by atoms with Crippen LogP contribution in [0.5, 0.6) is 11.5 Å². The second-order valence-electron chi connectivity index (χ2n) is 5.55. The number of hydrogen-bond donors (Lipinski definition) is 1. The lowest BCUT2D eigenvalue weighted by Gasteiger charge is -2.10. The Bertz CT molecular complexity index is 725. The highest BCUT2D eigenvalue weighted by molar-refractivity contribution is 5.93. The first-order chi connectivity index (χ1) is 12.0. The number of methoxy groups -OCH3 is 1. The van der Waals surface area contributed by atoms with Crippen molar-refractivity contribution < 1.29 is 23.8 Å². The third kappa shape index (κ3) is 5.84. The number of anilines is 1. The molecule has 0 fully saturated rings. The first-order valence-electron chi connectivity index (χ1n) is 7.85. The molecule has 6 heteroatoms. The van der Waals surface area contributed by atoms with E-state index >= 15 is 0 Å². The summed E-state index contributed by atoms with van der Waals surface area (Å²) in [6.07, 6.45) is -0.180. The zero-order chi connectivity index (χ0) is 18.2. The quantitative estimate of drug-likeness (QED) is 0.781. The molecule has 0 bridgehead atoms. The van der Waals surface area contributed by atoms with Gasteiger partial charge in [0.05, 0.1) is 18.8 Å². The first kappa shape index (κ1) is 18.3. The molecular formula is C19H21NO5. The predicted octanol–water partition coefficient (Wildman–Crippen LogP) is 3.28. The van der Waals surface area contributed by atoms with E-state index in [1.54, 1.807) is 69.5 Å². The Kier molecular flexibility index (Phi) is 6.39. The lowest BCUT2D eigenvalue weighted by molar-refractivity contribution is -0.118. The van der Waals surface area contributed by atoms with Crippen LogP contribution in [0, 0.1) is 0 Å². The Morgan fingerprint density at radius 2 is 1.72 bits per heavy atom. The van der Waals surface area contributed by atoms with Crippen LogP contribution in [0.1, 0.15) is 24.2 Å². The highest BCUT2D eigenvalue weighted by Gasteiger charge is 2.10. The van der Waals surface area contributed by atoms with Crippen LogP contribution in [0.25, 0.3) is 0 Å². The topological polar surface area (TPSA) is 73.9 Å². The van der Waals surface area contributed by atoms with Gasteiger partial charge in [-0.15, -0.1) is 0 Å². The highest BCUT2D eigenvalue weighted by Crippen LogP contribution is 2.19. The summed E-state index contributed by atoms with van der Waals surface area (Å²) in [5.74, 6) is 0.498. The average Bonchev–Trinajstić information content (AvgIpc) is 2.60. The summed E-state index contributed by atoms with van der Waals surface area (Å²) in [6, 6.07) is 13.5. The molecule has 2 aromatic rings. The van der Waals surface area contributed by atoms with Gasteiger partial charge in [-0.3, -0.25) is 4.79 Å². The van der Waals surface area contributed by atoms with Gasteiger partial charge in [0.1, 0.15) is 11.5 Å². The van der Waals surface area contributed by atoms with Crippen LogP contribution in [0.2, 0.25) is 0 Å². The molecule has 25 heavy (non-hydrogen) atoms. The third-order valence-corrected chi connectivity index (χ3v) is 3.16. The van der Waals surface area contributed by atoms with E-state index in [-0.39, 0.29) is 18.6 Å². The van der Waals surface area contributed by atoms with E-state index < -0.39 is 5.97 Å². The number of carbonyl (C=O) groups excluding carboxylic acids is 2. The highest BCUT2D eigenvalue weighted by atomic mass is 16.5. The Balaban J connectivity index is 1.86. The lowest BCUT2D eigenvalue weighted by Crippen LogP contribution is -2.20. The summed E-state index contributed by atoms with van der Waals surface area (Å²) in [5, 5.41) is 2.70. The van der Waals surface area contributed by atoms with E-state index in [1.165, 1.54) is 0 Å². The number of rotatable bonds is 7. The zero-order valence-electron chi connectivity index (χ0n) is 14.4. The molecule has 0 radical (unpaired) electrons. The van der Waals surface area contributed by atoms with E-state index in [0.29, 0.717) is 22.7 Å². The average molecular weight is 343 g/mol. The van der Waals surface area contributed by atoms with E-state index in [9.17, 15) is 9.59 Å². The number of esters is 1. The Hall–Kier alpha value is -3.02. The first-order valence-corrected chi connectivity index (χ1v) is 7.85. The minimum atomic E-state index is -0.394. The maximum Gasteiger partial charge on any atom is 0.338 e. The van der Waals surface area contributed by atoms with Crippen molar-refractivity contribution in [2.45, 2.75) is 20.0 Å². The maximum atomic E-state index is 11.9. The Morgan fingerprint density at radius 3 is 2.36 bits per heavy atom. The third-order valence-electron chi connectivity index (χ3n) is 3.16. The molecule has 0 saturated heterocycles. The van der Waals surface area contributed by atoms with Crippen molar-refractivity contribution in [3.63, 3.8) is 0 Å². The fraction of sp³-hybridized carbons (Fsp3) is 0.263. The summed E-state index contributed by atoms with van der Waals surface area (Å²) >= 11 is 0. The Labute approximate surface area is 146 Å². The molecule has 0 aliphatic heterocycles. The summed E-state index contributed by atoms with van der Waals surface area (Å²) in [5.41, 5.74) is 1.000. The molecule has 2 aromatic carbocycles. The normalized spacial score (nSPS) is 10.2. The largest absolute Gasteiger partial charge is 0.497 e. The van der Waals surface area contributed by atoms with Gasteiger partial charge in [0.15, 0.2) is 6.61 Å². The summed E-state index contributed by atoms with van der Waals surface area (Å²) in [4.78, 5) is 23.7. The van der Waals surface area contributed by atoms with E-state index in [4.69, 9.17) is 14.2 Å². The minimum Gasteiger partial charge on any atom is -0.497 e. The molecule has 0 aliphatic carbocycles. The van der Waals surface area contributed by atoms with Crippen LogP contribution in [0.3, 0.4) is 0 Å². The van der Waals surface area contributed by atoms with Gasteiger partial charge in [0, 0.05) is 11.8 Å². The SMILES string of the molecule is COc1cccc(OCC(=O)Nc2ccc(C(=O)OC(C)C)cc2)c1. The summed E-state index contributed by atoms with van der Waals surface area (Å²) < 4.78 is 15.6. The van der Waals surface area contributed by atoms with E-state index in [1.807, 2.05) is 0 Å². The monoisotopic (exact) mass is 343 g/mol. The fourth-order valence-corrected chi connectivity index (χ4v) is 2.01. The summed E-state index contributed by atoms with van der Waals surface area (Å²) in [6.45, 7) is 3.44. The Morgan fingerprint density at radius 1 is 1.04 bits per heavy atom. The number of nitrogens with one attached hydrogen (secondary N) is 1. The molecule has 0 atom stereocenters. The van der Waals surface area contributed by atoms with Crippen LogP contribution in [0.4, 0.5) is 5.69 Å². The number of hydrogen-bond acceptors (Lipinski definition) is 5. The van der Waals surface area contributed by atoms with Gasteiger partial charge in [0.2, 0.25) is 0 Å². The van der Waals surface area contributed by atoms with Gasteiger partial charge >= 0.3 is 5.97 Å². The van der Waals surface area contributed by atoms with Crippen molar-refractivity contribution in [1.29, 1.82) is 0 Å². The standard InChI is InChI=1S/C19H21NO5/c1-13(2)25-19(22)14-7-9-15(10-8-14)20-18(21)12-24-17-6-4-5-16(11-17)23-3/h4-11,13H,12H2,1-3H3,(H,20,21). The molecule has 6 nitrogen and oxygen atoms in total. The molecule has 1 amide bonds. The van der Waals surface area contributed by atoms with Crippen molar-refractivity contribution in [3.8, 4) is 11.5 Å². The number of ether oxygens (including phenoxy) is 3. The molecule has 0 aromatic heterocycles. The molecule has 2 rings (SSSR count). The maximum absolute atomic E-state index is 11.9. The van der Waals surface area contributed by atoms with Gasteiger partial charge in [-0.2, -0.15) is 0 Å². The van der Waals surface area contributed by atoms with Crippen molar-refractivity contribution in [2.75, 3.05) is 19.0 Å². The van der Waals surface area contributed by atoms with E-state index in [2.05, 4.69) is 5.32 Å². The fourth-order valence-electron chi connectivity index (χ4n) is 2.01. The van der Waals surface area contributed by atoms with Crippen molar-refractivity contribution in [1.82, 2.24) is 0 Å². The van der Waals surface area contributed by atoms with Gasteiger partial charge in [-0.05, 0) is 50.2 Å². The summed E-state index contributed by atoms with van der Waals surface area (Å²) in [7, 11) is 1.56. The predicted molar refractivity (Wildman–Crippen MR) is 94.1 cm³/mol. The van der Waals surface area contributed by atoms with Crippen molar-refractivity contribution in [3.05, 3.63) is 54.1 Å². The van der Waals surface area contributed by atoms with Crippen LogP contribution < -0.4 is 14.8 Å². The van der Waals surface area contributed by atoms with Crippen LogP contribution in [-0.4, -0.2) is 31.7 Å². The lowest BCUT2D eigenvalue weighted by atomic mass is 10.2. The number of carbonyl (C=O) groups is 2. The molecule has 0 saturated carbocycles. The van der Waals surface area contributed by atoms with Gasteiger partial charge < -0.3 is 19.5 Å². The second-order valence-corrected chi connectivity index (χ2v) is 5.55. The van der Waals surface area contributed by atoms with E-state index in [0.717, 1.165) is 0 Å². The molecule has 132 valence electrons. The number of amides is 1. The minimum absolute atomic E-state index is 0.135. The molecular weight excluding hydrogens is 322 g/mol.